The van der Waals surface area contributed by atoms with Crippen molar-refractivity contribution < 1.29 is 14.3 Å². The van der Waals surface area contributed by atoms with Crippen LogP contribution in [0.25, 0.3) is 0 Å². The van der Waals surface area contributed by atoms with Crippen LogP contribution in [0.2, 0.25) is 0 Å². The molecule has 1 amide bonds. The molecule has 0 bridgehead atoms. The first kappa shape index (κ1) is 20.3. The molecule has 0 saturated carbocycles. The monoisotopic (exact) mass is 398 g/mol. The van der Waals surface area contributed by atoms with Gasteiger partial charge < -0.3 is 9.47 Å². The highest BCUT2D eigenvalue weighted by molar-refractivity contribution is 8.13. The Morgan fingerprint density at radius 3 is 2.43 bits per heavy atom. The number of thioether (sulfide) groups is 1. The van der Waals surface area contributed by atoms with Crippen molar-refractivity contribution >= 4 is 28.5 Å². The fourth-order valence-electron chi connectivity index (χ4n) is 3.11. The molecular weight excluding hydrogens is 372 g/mol. The van der Waals surface area contributed by atoms with Crippen LogP contribution < -0.4 is 9.47 Å². The number of aliphatic imine (C=N–C) groups is 1. The van der Waals surface area contributed by atoms with Crippen LogP contribution in [0.3, 0.4) is 0 Å². The highest BCUT2D eigenvalue weighted by Crippen LogP contribution is 2.31. The molecule has 1 saturated heterocycles. The number of hydrogen-bond donors (Lipinski definition) is 0. The summed E-state index contributed by atoms with van der Waals surface area (Å²) in [6.45, 7) is 4.95. The summed E-state index contributed by atoms with van der Waals surface area (Å²) in [5, 5.41) is 0.742. The second kappa shape index (κ2) is 9.15. The SMILES string of the molecule is COc1cc(OC)cc(C(=O)N2CCCSC2=Nc2ccccc2C(C)C)c1. The van der Waals surface area contributed by atoms with Crippen LogP contribution >= 0.6 is 11.8 Å². The number of carbonyl (C=O) groups excluding carboxylic acids is 1. The van der Waals surface area contributed by atoms with Gasteiger partial charge in [0, 0.05) is 23.9 Å². The van der Waals surface area contributed by atoms with E-state index in [0.717, 1.165) is 23.0 Å². The fraction of sp³-hybridized carbons (Fsp3) is 0.364. The van der Waals surface area contributed by atoms with Gasteiger partial charge in [-0.3, -0.25) is 9.69 Å². The van der Waals surface area contributed by atoms with Crippen LogP contribution in [0.15, 0.2) is 47.5 Å². The van der Waals surface area contributed by atoms with Crippen molar-refractivity contribution in [3.8, 4) is 11.5 Å². The summed E-state index contributed by atoms with van der Waals surface area (Å²) in [5.74, 6) is 2.41. The Labute approximate surface area is 170 Å². The maximum absolute atomic E-state index is 13.3. The molecular formula is C22H26N2O3S. The quantitative estimate of drug-likeness (QED) is 0.704. The molecule has 1 aliphatic heterocycles. The van der Waals surface area contributed by atoms with Crippen LogP contribution in [0.5, 0.6) is 11.5 Å². The molecule has 3 rings (SSSR count). The Balaban J connectivity index is 1.97. The van der Waals surface area contributed by atoms with Gasteiger partial charge in [-0.15, -0.1) is 0 Å². The molecule has 1 aliphatic rings. The maximum Gasteiger partial charge on any atom is 0.260 e. The molecule has 2 aromatic carbocycles. The van der Waals surface area contributed by atoms with Gasteiger partial charge in [-0.1, -0.05) is 43.8 Å². The largest absolute Gasteiger partial charge is 0.497 e. The second-order valence-corrected chi connectivity index (χ2v) is 7.93. The van der Waals surface area contributed by atoms with E-state index in [0.29, 0.717) is 29.5 Å². The second-order valence-electron chi connectivity index (χ2n) is 6.87. The number of rotatable bonds is 5. The van der Waals surface area contributed by atoms with E-state index < -0.39 is 0 Å². The zero-order valence-corrected chi connectivity index (χ0v) is 17.6. The summed E-state index contributed by atoms with van der Waals surface area (Å²) in [6.07, 6.45) is 0.933. The predicted octanol–water partition coefficient (Wildman–Crippen LogP) is 5.09. The average Bonchev–Trinajstić information content (AvgIpc) is 2.73. The van der Waals surface area contributed by atoms with Crippen molar-refractivity contribution in [1.29, 1.82) is 0 Å². The van der Waals surface area contributed by atoms with Gasteiger partial charge in [-0.2, -0.15) is 0 Å². The summed E-state index contributed by atoms with van der Waals surface area (Å²) in [6, 6.07) is 13.4. The first-order valence-corrected chi connectivity index (χ1v) is 10.4. The predicted molar refractivity (Wildman–Crippen MR) is 115 cm³/mol. The number of para-hydroxylation sites is 1. The van der Waals surface area contributed by atoms with Gasteiger partial charge in [0.25, 0.3) is 5.91 Å². The average molecular weight is 399 g/mol. The molecule has 0 atom stereocenters. The van der Waals surface area contributed by atoms with Gasteiger partial charge in [0.1, 0.15) is 11.5 Å². The highest BCUT2D eigenvalue weighted by Gasteiger charge is 2.26. The molecule has 0 radical (unpaired) electrons. The molecule has 0 N–H and O–H groups in total. The smallest absolute Gasteiger partial charge is 0.260 e. The summed E-state index contributed by atoms with van der Waals surface area (Å²) >= 11 is 1.62. The minimum Gasteiger partial charge on any atom is -0.497 e. The third kappa shape index (κ3) is 4.50. The molecule has 148 valence electrons. The Morgan fingerprint density at radius 1 is 1.11 bits per heavy atom. The fourth-order valence-corrected chi connectivity index (χ4v) is 4.06. The first-order valence-electron chi connectivity index (χ1n) is 9.39. The van der Waals surface area contributed by atoms with Gasteiger partial charge >= 0.3 is 0 Å². The number of nitrogens with zero attached hydrogens (tertiary/aromatic N) is 2. The molecule has 0 unspecified atom stereocenters. The Morgan fingerprint density at radius 2 is 1.79 bits per heavy atom. The van der Waals surface area contributed by atoms with Crippen LogP contribution in [-0.2, 0) is 0 Å². The lowest BCUT2D eigenvalue weighted by molar-refractivity contribution is 0.0848. The molecule has 1 heterocycles. The lowest BCUT2D eigenvalue weighted by atomic mass is 10.0. The molecule has 0 aromatic heterocycles. The van der Waals surface area contributed by atoms with Crippen molar-refractivity contribution in [2.75, 3.05) is 26.5 Å². The summed E-state index contributed by atoms with van der Waals surface area (Å²) in [7, 11) is 3.16. The number of amidine groups is 1. The minimum absolute atomic E-state index is 0.0924. The number of ether oxygens (including phenoxy) is 2. The molecule has 0 spiro atoms. The van der Waals surface area contributed by atoms with Crippen LogP contribution in [0.4, 0.5) is 5.69 Å². The molecule has 28 heavy (non-hydrogen) atoms. The van der Waals surface area contributed by atoms with Crippen LogP contribution in [0, 0.1) is 0 Å². The van der Waals surface area contributed by atoms with Gasteiger partial charge in [-0.25, -0.2) is 4.99 Å². The first-order chi connectivity index (χ1) is 13.5. The summed E-state index contributed by atoms with van der Waals surface area (Å²) in [5.41, 5.74) is 2.63. The van der Waals surface area contributed by atoms with E-state index in [2.05, 4.69) is 19.9 Å². The Bertz CT molecular complexity index is 858. The number of methoxy groups -OCH3 is 2. The van der Waals surface area contributed by atoms with E-state index in [-0.39, 0.29) is 5.91 Å². The molecule has 6 heteroatoms. The van der Waals surface area contributed by atoms with Crippen molar-refractivity contribution in [1.82, 2.24) is 4.90 Å². The molecule has 0 aliphatic carbocycles. The third-order valence-electron chi connectivity index (χ3n) is 4.61. The van der Waals surface area contributed by atoms with Crippen molar-refractivity contribution in [2.45, 2.75) is 26.2 Å². The van der Waals surface area contributed by atoms with E-state index in [9.17, 15) is 4.79 Å². The number of hydrogen-bond acceptors (Lipinski definition) is 5. The molecule has 2 aromatic rings. The third-order valence-corrected chi connectivity index (χ3v) is 5.67. The standard InChI is InChI=1S/C22H26N2O3S/c1-15(2)19-8-5-6-9-20(19)23-22-24(10-7-11-28-22)21(25)16-12-17(26-3)14-18(13-16)27-4/h5-6,8-9,12-15H,7,10-11H2,1-4H3. The lowest BCUT2D eigenvalue weighted by Crippen LogP contribution is -2.39. The van der Waals surface area contributed by atoms with Crippen LogP contribution in [-0.4, -0.2) is 42.5 Å². The van der Waals surface area contributed by atoms with Gasteiger partial charge in [0.2, 0.25) is 0 Å². The van der Waals surface area contributed by atoms with E-state index in [4.69, 9.17) is 14.5 Å². The van der Waals surface area contributed by atoms with E-state index in [1.165, 1.54) is 5.56 Å². The zero-order valence-electron chi connectivity index (χ0n) is 16.8. The zero-order chi connectivity index (χ0) is 20.1. The van der Waals surface area contributed by atoms with E-state index in [1.807, 2.05) is 18.2 Å². The van der Waals surface area contributed by atoms with E-state index in [1.54, 1.807) is 49.1 Å². The maximum atomic E-state index is 13.3. The van der Waals surface area contributed by atoms with Crippen molar-refractivity contribution in [3.05, 3.63) is 53.6 Å². The molecule has 1 fully saturated rings. The Hall–Kier alpha value is -2.47. The summed E-state index contributed by atoms with van der Waals surface area (Å²) < 4.78 is 10.6. The van der Waals surface area contributed by atoms with Gasteiger partial charge in [0.15, 0.2) is 5.17 Å². The minimum atomic E-state index is -0.0924. The van der Waals surface area contributed by atoms with Crippen molar-refractivity contribution in [2.24, 2.45) is 4.99 Å². The molecule has 5 nitrogen and oxygen atoms in total. The van der Waals surface area contributed by atoms with Crippen LogP contribution in [0.1, 0.15) is 42.1 Å². The lowest BCUT2D eigenvalue weighted by Gasteiger charge is -2.28. The number of carbonyl (C=O) groups is 1. The highest BCUT2D eigenvalue weighted by atomic mass is 32.2. The van der Waals surface area contributed by atoms with Gasteiger partial charge in [-0.05, 0) is 36.1 Å². The Kier molecular flexibility index (Phi) is 6.62. The van der Waals surface area contributed by atoms with Gasteiger partial charge in [0.05, 0.1) is 19.9 Å². The van der Waals surface area contributed by atoms with Crippen molar-refractivity contribution in [3.63, 3.8) is 0 Å². The number of amides is 1. The summed E-state index contributed by atoms with van der Waals surface area (Å²) in [4.78, 5) is 19.9. The normalized spacial score (nSPS) is 15.8. The van der Waals surface area contributed by atoms with E-state index >= 15 is 0 Å². The topological polar surface area (TPSA) is 51.1 Å². The number of benzene rings is 2.